The number of nitrogens with zero attached hydrogens (tertiary/aromatic N) is 1. The molecule has 33 heavy (non-hydrogen) atoms. The molecular weight excluding hydrogens is 426 g/mol. The minimum absolute atomic E-state index is 0.423. The molecule has 2 aromatic carbocycles. The second-order valence-electron chi connectivity index (χ2n) is 7.83. The second kappa shape index (κ2) is 13.5. The number of carbonyl (C=O) groups is 3. The number of benzene rings is 2. The van der Waals surface area contributed by atoms with Crippen molar-refractivity contribution in [2.75, 3.05) is 21.3 Å². The first-order chi connectivity index (χ1) is 15.6. The molecule has 0 aromatic heterocycles. The fourth-order valence-corrected chi connectivity index (χ4v) is 2.46. The summed E-state index contributed by atoms with van der Waals surface area (Å²) in [5.41, 5.74) is 3.41. The summed E-state index contributed by atoms with van der Waals surface area (Å²) in [7, 11) is 4.43. The molecule has 0 heterocycles. The Balaban J connectivity index is 0.000000451. The van der Waals surface area contributed by atoms with E-state index in [0.29, 0.717) is 5.56 Å². The van der Waals surface area contributed by atoms with E-state index in [1.165, 1.54) is 13.3 Å². The number of methoxy groups -OCH3 is 3. The topological polar surface area (TPSA) is 115 Å². The van der Waals surface area contributed by atoms with Gasteiger partial charge < -0.3 is 19.5 Å². The van der Waals surface area contributed by atoms with Crippen LogP contribution in [-0.4, -0.2) is 51.9 Å². The summed E-state index contributed by atoms with van der Waals surface area (Å²) in [5, 5.41) is 6.41. The van der Waals surface area contributed by atoms with E-state index in [-0.39, 0.29) is 0 Å². The first kappa shape index (κ1) is 27.2. The van der Waals surface area contributed by atoms with Crippen LogP contribution < -0.4 is 20.2 Å². The Morgan fingerprint density at radius 1 is 0.879 bits per heavy atom. The van der Waals surface area contributed by atoms with Gasteiger partial charge in [-0.25, -0.2) is 10.2 Å². The molecule has 0 unspecified atom stereocenters. The van der Waals surface area contributed by atoms with E-state index < -0.39 is 23.5 Å². The first-order valence-corrected chi connectivity index (χ1v) is 10.0. The van der Waals surface area contributed by atoms with Crippen LogP contribution in [0.1, 0.15) is 36.7 Å². The third-order valence-corrected chi connectivity index (χ3v) is 4.33. The highest BCUT2D eigenvalue weighted by atomic mass is 16.5. The molecule has 0 aliphatic rings. The molecule has 2 aromatic rings. The number of nitrogens with one attached hydrogen (secondary N) is 2. The van der Waals surface area contributed by atoms with Gasteiger partial charge in [-0.3, -0.25) is 9.59 Å². The predicted octanol–water partition coefficient (Wildman–Crippen LogP) is 3.42. The van der Waals surface area contributed by atoms with Crippen LogP contribution in [0.2, 0.25) is 0 Å². The van der Waals surface area contributed by atoms with Crippen LogP contribution in [0.5, 0.6) is 11.5 Å². The van der Waals surface area contributed by atoms with Crippen LogP contribution in [0.15, 0.2) is 53.6 Å². The average molecular weight is 458 g/mol. The fourth-order valence-electron chi connectivity index (χ4n) is 2.46. The zero-order chi connectivity index (χ0) is 24.9. The van der Waals surface area contributed by atoms with Gasteiger partial charge in [0.05, 0.1) is 27.5 Å². The summed E-state index contributed by atoms with van der Waals surface area (Å²) in [6, 6.07) is 13.4. The zero-order valence-electron chi connectivity index (χ0n) is 19.7. The highest BCUT2D eigenvalue weighted by Gasteiger charge is 2.33. The van der Waals surface area contributed by atoms with E-state index >= 15 is 0 Å². The number of carbonyl (C=O) groups excluding carboxylic acids is 3. The van der Waals surface area contributed by atoms with E-state index in [4.69, 9.17) is 9.47 Å². The number of amides is 2. The van der Waals surface area contributed by atoms with Gasteiger partial charge in [-0.15, -0.1) is 0 Å². The fraction of sp³-hybridized carbons (Fsp3) is 0.333. The Bertz CT molecular complexity index is 919. The van der Waals surface area contributed by atoms with Gasteiger partial charge in [0, 0.05) is 5.56 Å². The lowest BCUT2D eigenvalue weighted by molar-refractivity contribution is -0.125. The van der Waals surface area contributed by atoms with Gasteiger partial charge in [-0.2, -0.15) is 5.10 Å². The van der Waals surface area contributed by atoms with Crippen LogP contribution in [0.4, 0.5) is 4.79 Å². The molecule has 0 radical (unpaired) electrons. The van der Waals surface area contributed by atoms with Gasteiger partial charge in [-0.1, -0.05) is 20.8 Å². The summed E-state index contributed by atoms with van der Waals surface area (Å²) in [6.07, 6.45) is 1.65. The van der Waals surface area contributed by atoms with E-state index in [9.17, 15) is 14.4 Å². The molecule has 9 nitrogen and oxygen atoms in total. The molecule has 0 fully saturated rings. The van der Waals surface area contributed by atoms with Crippen LogP contribution >= 0.6 is 0 Å². The summed E-state index contributed by atoms with van der Waals surface area (Å²) < 4.78 is 14.5. The number of hydrogen-bond donors (Lipinski definition) is 2. The Labute approximate surface area is 194 Å². The zero-order valence-corrected chi connectivity index (χ0v) is 19.7. The molecule has 0 saturated carbocycles. The number of hydrogen-bond acceptors (Lipinski definition) is 7. The van der Waals surface area contributed by atoms with Gasteiger partial charge in [0.15, 0.2) is 0 Å². The van der Waals surface area contributed by atoms with Crippen LogP contribution in [0, 0.1) is 5.41 Å². The van der Waals surface area contributed by atoms with Crippen LogP contribution in [-0.2, 0) is 9.53 Å². The van der Waals surface area contributed by atoms with Crippen molar-refractivity contribution in [3.63, 3.8) is 0 Å². The van der Waals surface area contributed by atoms with Gasteiger partial charge >= 0.3 is 6.09 Å². The first-order valence-electron chi connectivity index (χ1n) is 10.0. The maximum atomic E-state index is 12.2. The summed E-state index contributed by atoms with van der Waals surface area (Å²) in [6.45, 7) is 5.50. The Hall–Kier alpha value is -3.88. The van der Waals surface area contributed by atoms with Crippen molar-refractivity contribution in [3.05, 3.63) is 59.7 Å². The highest BCUT2D eigenvalue weighted by Crippen LogP contribution is 2.19. The molecule has 2 N–H and O–H groups in total. The number of alkyl carbamates (subject to hydrolysis) is 1. The predicted molar refractivity (Wildman–Crippen MR) is 126 cm³/mol. The minimum Gasteiger partial charge on any atom is -0.497 e. The third kappa shape index (κ3) is 9.86. The van der Waals surface area contributed by atoms with E-state index in [2.05, 4.69) is 20.6 Å². The Morgan fingerprint density at radius 2 is 1.36 bits per heavy atom. The molecule has 0 spiro atoms. The molecule has 0 aliphatic carbocycles. The number of hydrazone groups is 1. The molecule has 2 rings (SSSR count). The number of ether oxygens (including phenoxy) is 3. The number of aldehydes is 1. The molecule has 2 amide bonds. The molecule has 1 atom stereocenters. The lowest BCUT2D eigenvalue weighted by Crippen LogP contribution is -2.52. The van der Waals surface area contributed by atoms with Crippen molar-refractivity contribution in [3.8, 4) is 11.5 Å². The van der Waals surface area contributed by atoms with Crippen molar-refractivity contribution >= 4 is 24.5 Å². The second-order valence-corrected chi connectivity index (χ2v) is 7.83. The number of rotatable bonds is 7. The monoisotopic (exact) mass is 457 g/mol. The van der Waals surface area contributed by atoms with Crippen molar-refractivity contribution < 1.29 is 28.6 Å². The maximum Gasteiger partial charge on any atom is 0.407 e. The third-order valence-electron chi connectivity index (χ3n) is 4.33. The minimum atomic E-state index is -0.775. The van der Waals surface area contributed by atoms with Crippen LogP contribution in [0.3, 0.4) is 0 Å². The average Bonchev–Trinajstić information content (AvgIpc) is 2.82. The largest absolute Gasteiger partial charge is 0.497 e. The molecule has 0 aliphatic heterocycles. The van der Waals surface area contributed by atoms with E-state index in [1.807, 2.05) is 32.9 Å². The summed E-state index contributed by atoms with van der Waals surface area (Å²) >= 11 is 0. The Morgan fingerprint density at radius 3 is 1.76 bits per heavy atom. The molecule has 9 heteroatoms. The van der Waals surface area contributed by atoms with E-state index in [1.54, 1.807) is 50.6 Å². The lowest BCUT2D eigenvalue weighted by atomic mass is 9.86. The normalized spacial score (nSPS) is 11.5. The highest BCUT2D eigenvalue weighted by molar-refractivity contribution is 5.88. The molecule has 0 saturated heterocycles. The Kier molecular flexibility index (Phi) is 11.1. The molecule has 0 bridgehead atoms. The SMILES string of the molecule is COC(=O)N[C@H](C(=O)N/N=C/c1ccc(OC)cc1)C(C)(C)C.COc1ccc(C=O)cc1. The lowest BCUT2D eigenvalue weighted by Gasteiger charge is -2.28. The van der Waals surface area contributed by atoms with Crippen LogP contribution in [0.25, 0.3) is 0 Å². The van der Waals surface area contributed by atoms with Gasteiger partial charge in [-0.05, 0) is 59.5 Å². The van der Waals surface area contributed by atoms with Crippen molar-refractivity contribution in [1.82, 2.24) is 10.7 Å². The van der Waals surface area contributed by atoms with Crippen molar-refractivity contribution in [1.29, 1.82) is 0 Å². The maximum absolute atomic E-state index is 12.2. The van der Waals surface area contributed by atoms with Gasteiger partial charge in [0.2, 0.25) is 0 Å². The van der Waals surface area contributed by atoms with Crippen molar-refractivity contribution in [2.24, 2.45) is 10.5 Å². The van der Waals surface area contributed by atoms with Gasteiger partial charge in [0.25, 0.3) is 5.91 Å². The molecule has 178 valence electrons. The standard InChI is InChI=1S/C16H23N3O4.C8H8O2/c1-16(2,3)13(18-15(21)23-5)14(20)19-17-10-11-6-8-12(22-4)9-7-11;1-10-8-4-2-7(6-9)3-5-8/h6-10,13H,1-5H3,(H,18,21)(H,19,20);2-6H,1H3/b17-10+;/t13-;/m1./s1. The van der Waals surface area contributed by atoms with E-state index in [0.717, 1.165) is 23.3 Å². The molecular formula is C24H31N3O6. The van der Waals surface area contributed by atoms with Gasteiger partial charge in [0.1, 0.15) is 23.8 Å². The summed E-state index contributed by atoms with van der Waals surface area (Å²) in [4.78, 5) is 33.7. The van der Waals surface area contributed by atoms with Crippen molar-refractivity contribution in [2.45, 2.75) is 26.8 Å². The smallest absolute Gasteiger partial charge is 0.407 e. The summed E-state index contributed by atoms with van der Waals surface area (Å²) in [5.74, 6) is 1.08. The quantitative estimate of drug-likeness (QED) is 0.374.